The molecule has 2 atom stereocenters. The van der Waals surface area contributed by atoms with Crippen LogP contribution in [0, 0.1) is 0 Å². The van der Waals surface area contributed by atoms with Crippen LogP contribution in [0.15, 0.2) is 12.7 Å². The van der Waals surface area contributed by atoms with Crippen molar-refractivity contribution >= 4 is 0 Å². The molecule has 1 nitrogen and oxygen atoms in total. The smallest absolute Gasteiger partial charge is 0.00757 e. The molecular formula is C12H25N. The summed E-state index contributed by atoms with van der Waals surface area (Å²) >= 11 is 0. The molecule has 0 aromatic rings. The Labute approximate surface area is 83.6 Å². The van der Waals surface area contributed by atoms with E-state index in [9.17, 15) is 0 Å². The van der Waals surface area contributed by atoms with Crippen LogP contribution in [0.1, 0.15) is 52.9 Å². The van der Waals surface area contributed by atoms with Gasteiger partial charge in [-0.25, -0.2) is 0 Å². The maximum absolute atomic E-state index is 3.76. The van der Waals surface area contributed by atoms with Gasteiger partial charge >= 0.3 is 0 Å². The number of nitrogens with one attached hydrogen (secondary N) is 1. The summed E-state index contributed by atoms with van der Waals surface area (Å²) in [6.07, 6.45) is 8.25. The summed E-state index contributed by atoms with van der Waals surface area (Å²) in [6.45, 7) is 10.5. The van der Waals surface area contributed by atoms with Crippen molar-refractivity contribution in [3.63, 3.8) is 0 Å². The monoisotopic (exact) mass is 183 g/mol. The lowest BCUT2D eigenvalue weighted by molar-refractivity contribution is 0.405. The van der Waals surface area contributed by atoms with Gasteiger partial charge in [0.25, 0.3) is 0 Å². The first-order valence-electron chi connectivity index (χ1n) is 5.61. The van der Waals surface area contributed by atoms with Gasteiger partial charge in [-0.3, -0.25) is 0 Å². The van der Waals surface area contributed by atoms with E-state index >= 15 is 0 Å². The molecule has 13 heavy (non-hydrogen) atoms. The van der Waals surface area contributed by atoms with Crippen molar-refractivity contribution in [1.29, 1.82) is 0 Å². The number of hydrogen-bond acceptors (Lipinski definition) is 1. The van der Waals surface area contributed by atoms with Crippen molar-refractivity contribution in [3.05, 3.63) is 12.7 Å². The molecule has 0 aliphatic rings. The molecule has 0 saturated heterocycles. The van der Waals surface area contributed by atoms with E-state index in [4.69, 9.17) is 0 Å². The standard InChI is InChI=1S/C12H25N/c1-5-8-10-12(7-3)13-11(4)9-6-2/h6,11-13H,2,5,7-10H2,1,3-4H3. The summed E-state index contributed by atoms with van der Waals surface area (Å²) in [4.78, 5) is 0. The molecule has 0 heterocycles. The van der Waals surface area contributed by atoms with Crippen LogP contribution in [0.25, 0.3) is 0 Å². The molecule has 0 aliphatic heterocycles. The third-order valence-corrected chi connectivity index (χ3v) is 2.44. The van der Waals surface area contributed by atoms with Gasteiger partial charge in [0.15, 0.2) is 0 Å². The van der Waals surface area contributed by atoms with Crippen molar-refractivity contribution in [3.8, 4) is 0 Å². The number of unbranched alkanes of at least 4 members (excludes halogenated alkanes) is 1. The van der Waals surface area contributed by atoms with Crippen LogP contribution in [0.5, 0.6) is 0 Å². The Morgan fingerprint density at radius 3 is 2.54 bits per heavy atom. The molecule has 0 aromatic heterocycles. The molecule has 1 N–H and O–H groups in total. The third kappa shape index (κ3) is 6.83. The topological polar surface area (TPSA) is 12.0 Å². The molecule has 2 unspecified atom stereocenters. The van der Waals surface area contributed by atoms with Gasteiger partial charge in [0.05, 0.1) is 0 Å². The van der Waals surface area contributed by atoms with Crippen LogP contribution in [-0.4, -0.2) is 12.1 Å². The lowest BCUT2D eigenvalue weighted by Gasteiger charge is -2.21. The third-order valence-electron chi connectivity index (χ3n) is 2.44. The molecular weight excluding hydrogens is 158 g/mol. The lowest BCUT2D eigenvalue weighted by Crippen LogP contribution is -2.35. The van der Waals surface area contributed by atoms with E-state index in [0.29, 0.717) is 12.1 Å². The second-order valence-electron chi connectivity index (χ2n) is 3.84. The van der Waals surface area contributed by atoms with Gasteiger partial charge in [-0.05, 0) is 26.2 Å². The molecule has 0 radical (unpaired) electrons. The minimum atomic E-state index is 0.583. The second-order valence-corrected chi connectivity index (χ2v) is 3.84. The first-order chi connectivity index (χ1) is 6.24. The van der Waals surface area contributed by atoms with E-state index in [2.05, 4.69) is 32.7 Å². The zero-order chi connectivity index (χ0) is 10.1. The van der Waals surface area contributed by atoms with Gasteiger partial charge in [0.1, 0.15) is 0 Å². The predicted molar refractivity (Wildman–Crippen MR) is 61.0 cm³/mol. The van der Waals surface area contributed by atoms with E-state index in [1.807, 2.05) is 6.08 Å². The summed E-state index contributed by atoms with van der Waals surface area (Å²) in [6, 6.07) is 1.29. The first kappa shape index (κ1) is 12.7. The van der Waals surface area contributed by atoms with Crippen molar-refractivity contribution in [2.75, 3.05) is 0 Å². The lowest BCUT2D eigenvalue weighted by atomic mass is 10.1. The summed E-state index contributed by atoms with van der Waals surface area (Å²) in [5.74, 6) is 0. The molecule has 78 valence electrons. The zero-order valence-corrected chi connectivity index (χ0v) is 9.47. The van der Waals surface area contributed by atoms with E-state index in [1.165, 1.54) is 25.7 Å². The van der Waals surface area contributed by atoms with Crippen molar-refractivity contribution in [2.24, 2.45) is 0 Å². The molecule has 1 heteroatoms. The van der Waals surface area contributed by atoms with Crippen LogP contribution < -0.4 is 5.32 Å². The highest BCUT2D eigenvalue weighted by atomic mass is 14.9. The van der Waals surface area contributed by atoms with Crippen molar-refractivity contribution in [2.45, 2.75) is 65.0 Å². The Morgan fingerprint density at radius 1 is 1.38 bits per heavy atom. The number of rotatable bonds is 8. The minimum Gasteiger partial charge on any atom is -0.311 e. The molecule has 0 aliphatic carbocycles. The van der Waals surface area contributed by atoms with Gasteiger partial charge in [0, 0.05) is 12.1 Å². The van der Waals surface area contributed by atoms with Gasteiger partial charge in [0.2, 0.25) is 0 Å². The van der Waals surface area contributed by atoms with E-state index in [1.54, 1.807) is 0 Å². The zero-order valence-electron chi connectivity index (χ0n) is 9.47. The Balaban J connectivity index is 3.61. The van der Waals surface area contributed by atoms with E-state index in [0.717, 1.165) is 6.42 Å². The Hall–Kier alpha value is -0.300. The quantitative estimate of drug-likeness (QED) is 0.568. The molecule has 0 bridgehead atoms. The Kier molecular flexibility index (Phi) is 8.11. The van der Waals surface area contributed by atoms with Crippen molar-refractivity contribution in [1.82, 2.24) is 5.32 Å². The van der Waals surface area contributed by atoms with E-state index in [-0.39, 0.29) is 0 Å². The molecule has 0 rings (SSSR count). The normalized spacial score (nSPS) is 15.3. The Morgan fingerprint density at radius 2 is 2.08 bits per heavy atom. The summed E-state index contributed by atoms with van der Waals surface area (Å²) in [5, 5.41) is 3.63. The SMILES string of the molecule is C=CCC(C)NC(CC)CCCC. The van der Waals surface area contributed by atoms with Crippen LogP contribution in [0.2, 0.25) is 0 Å². The van der Waals surface area contributed by atoms with Crippen LogP contribution in [0.4, 0.5) is 0 Å². The van der Waals surface area contributed by atoms with Gasteiger partial charge < -0.3 is 5.32 Å². The molecule has 0 amide bonds. The van der Waals surface area contributed by atoms with E-state index < -0.39 is 0 Å². The van der Waals surface area contributed by atoms with Crippen LogP contribution in [0.3, 0.4) is 0 Å². The van der Waals surface area contributed by atoms with Gasteiger partial charge in [-0.15, -0.1) is 6.58 Å². The fourth-order valence-corrected chi connectivity index (χ4v) is 1.58. The maximum atomic E-state index is 3.76. The summed E-state index contributed by atoms with van der Waals surface area (Å²) in [7, 11) is 0. The van der Waals surface area contributed by atoms with Crippen LogP contribution >= 0.6 is 0 Å². The molecule has 0 spiro atoms. The average Bonchev–Trinajstić information content (AvgIpc) is 2.12. The fraction of sp³-hybridized carbons (Fsp3) is 0.833. The highest BCUT2D eigenvalue weighted by Gasteiger charge is 2.07. The molecule has 0 saturated carbocycles. The van der Waals surface area contributed by atoms with Crippen molar-refractivity contribution < 1.29 is 0 Å². The molecule has 0 fully saturated rings. The van der Waals surface area contributed by atoms with Gasteiger partial charge in [-0.2, -0.15) is 0 Å². The van der Waals surface area contributed by atoms with Gasteiger partial charge in [-0.1, -0.05) is 32.8 Å². The minimum absolute atomic E-state index is 0.583. The maximum Gasteiger partial charge on any atom is 0.00757 e. The highest BCUT2D eigenvalue weighted by Crippen LogP contribution is 2.06. The Bertz CT molecular complexity index is 120. The number of hydrogen-bond donors (Lipinski definition) is 1. The van der Waals surface area contributed by atoms with Crippen LogP contribution in [-0.2, 0) is 0 Å². The second kappa shape index (κ2) is 8.31. The molecule has 0 aromatic carbocycles. The largest absolute Gasteiger partial charge is 0.311 e. The highest BCUT2D eigenvalue weighted by molar-refractivity contribution is 4.77. The first-order valence-corrected chi connectivity index (χ1v) is 5.61. The summed E-state index contributed by atoms with van der Waals surface area (Å²) < 4.78 is 0. The average molecular weight is 183 g/mol. The summed E-state index contributed by atoms with van der Waals surface area (Å²) in [5.41, 5.74) is 0. The predicted octanol–water partition coefficient (Wildman–Crippen LogP) is 3.51. The fourth-order valence-electron chi connectivity index (χ4n) is 1.58.